The molecule has 0 radical (unpaired) electrons. The molecule has 0 aromatic carbocycles. The van der Waals surface area contributed by atoms with E-state index in [4.69, 9.17) is 14.9 Å². The van der Waals surface area contributed by atoms with Crippen LogP contribution in [-0.4, -0.2) is 92.4 Å². The van der Waals surface area contributed by atoms with Gasteiger partial charge in [0, 0.05) is 45.3 Å². The molecule has 0 aromatic rings. The van der Waals surface area contributed by atoms with Crippen LogP contribution in [0.15, 0.2) is 0 Å². The molecule has 3 saturated heterocycles. The second-order valence-electron chi connectivity index (χ2n) is 5.83. The van der Waals surface area contributed by atoms with E-state index in [0.29, 0.717) is 12.0 Å². The molecule has 0 unspecified atom stereocenters. The van der Waals surface area contributed by atoms with Gasteiger partial charge < -0.3 is 19.3 Å². The van der Waals surface area contributed by atoms with Crippen molar-refractivity contribution >= 4 is 5.96 Å². The molecule has 1 N–H and O–H groups in total. The van der Waals surface area contributed by atoms with Gasteiger partial charge in [0.15, 0.2) is 5.96 Å². The largest absolute Gasteiger partial charge is 0.379 e. The zero-order valence-electron chi connectivity index (χ0n) is 12.2. The first-order chi connectivity index (χ1) is 9.84. The normalized spacial score (nSPS) is 28.9. The second-order valence-corrected chi connectivity index (χ2v) is 5.83. The lowest BCUT2D eigenvalue weighted by Crippen LogP contribution is -2.53. The fraction of sp³-hybridized carbons (Fsp3) is 0.929. The smallest absolute Gasteiger partial charge is 0.194 e. The van der Waals surface area contributed by atoms with Crippen molar-refractivity contribution in [1.82, 2.24) is 14.7 Å². The van der Waals surface area contributed by atoms with Crippen molar-refractivity contribution in [2.45, 2.75) is 18.9 Å². The Labute approximate surface area is 121 Å². The van der Waals surface area contributed by atoms with E-state index < -0.39 is 0 Å². The predicted molar refractivity (Wildman–Crippen MR) is 77.1 cm³/mol. The van der Waals surface area contributed by atoms with Gasteiger partial charge in [-0.2, -0.15) is 0 Å². The number of hydrogen-bond acceptors (Lipinski definition) is 4. The molecule has 0 aromatic heterocycles. The zero-order valence-corrected chi connectivity index (χ0v) is 12.2. The van der Waals surface area contributed by atoms with Crippen LogP contribution < -0.4 is 0 Å². The Morgan fingerprint density at radius 3 is 2.30 bits per heavy atom. The van der Waals surface area contributed by atoms with E-state index >= 15 is 0 Å². The SMILES string of the molecule is N=C(N1CCOCC1)N1CCC[C@H]1CN1CCOCC1. The summed E-state index contributed by atoms with van der Waals surface area (Å²) in [5.74, 6) is 0.712. The average Bonchev–Trinajstić information content (AvgIpc) is 2.96. The van der Waals surface area contributed by atoms with Gasteiger partial charge in [-0.25, -0.2) is 0 Å². The van der Waals surface area contributed by atoms with Crippen LogP contribution in [0.2, 0.25) is 0 Å². The lowest BCUT2D eigenvalue weighted by molar-refractivity contribution is 0.0285. The Kier molecular flexibility index (Phi) is 4.75. The van der Waals surface area contributed by atoms with Gasteiger partial charge in [0.05, 0.1) is 26.4 Å². The Morgan fingerprint density at radius 1 is 0.950 bits per heavy atom. The highest BCUT2D eigenvalue weighted by molar-refractivity contribution is 5.77. The Morgan fingerprint density at radius 2 is 1.60 bits per heavy atom. The molecule has 3 heterocycles. The number of nitrogens with one attached hydrogen (secondary N) is 1. The first kappa shape index (κ1) is 14.1. The highest BCUT2D eigenvalue weighted by atomic mass is 16.5. The third-order valence-electron chi connectivity index (χ3n) is 4.53. The maximum Gasteiger partial charge on any atom is 0.194 e. The van der Waals surface area contributed by atoms with Gasteiger partial charge in [-0.3, -0.25) is 10.3 Å². The van der Waals surface area contributed by atoms with Gasteiger partial charge in [-0.15, -0.1) is 0 Å². The summed E-state index contributed by atoms with van der Waals surface area (Å²) in [5.41, 5.74) is 0. The molecule has 0 aliphatic carbocycles. The lowest BCUT2D eigenvalue weighted by Gasteiger charge is -2.38. The molecule has 114 valence electrons. The highest BCUT2D eigenvalue weighted by Gasteiger charge is 2.31. The molecular formula is C14H26N4O2. The van der Waals surface area contributed by atoms with Crippen molar-refractivity contribution in [2.75, 3.05) is 65.7 Å². The number of hydrogen-bond donors (Lipinski definition) is 1. The molecule has 0 spiro atoms. The van der Waals surface area contributed by atoms with Crippen LogP contribution >= 0.6 is 0 Å². The molecule has 3 fully saturated rings. The van der Waals surface area contributed by atoms with E-state index in [2.05, 4.69) is 14.7 Å². The molecule has 0 bridgehead atoms. The summed E-state index contributed by atoms with van der Waals surface area (Å²) < 4.78 is 10.8. The molecule has 3 aliphatic heterocycles. The highest BCUT2D eigenvalue weighted by Crippen LogP contribution is 2.20. The summed E-state index contributed by atoms with van der Waals surface area (Å²) in [5, 5.41) is 8.48. The number of rotatable bonds is 2. The van der Waals surface area contributed by atoms with Crippen LogP contribution in [0, 0.1) is 5.41 Å². The topological polar surface area (TPSA) is 52.0 Å². The minimum absolute atomic E-state index is 0.503. The summed E-state index contributed by atoms with van der Waals surface area (Å²) in [6.45, 7) is 9.13. The Balaban J connectivity index is 1.55. The summed E-state index contributed by atoms with van der Waals surface area (Å²) in [4.78, 5) is 6.96. The molecule has 1 atom stereocenters. The van der Waals surface area contributed by atoms with Crippen LogP contribution in [0.3, 0.4) is 0 Å². The molecule has 0 saturated carbocycles. The minimum Gasteiger partial charge on any atom is -0.379 e. The summed E-state index contributed by atoms with van der Waals surface area (Å²) in [7, 11) is 0. The lowest BCUT2D eigenvalue weighted by atomic mass is 10.2. The number of morpholine rings is 2. The molecule has 6 nitrogen and oxygen atoms in total. The first-order valence-electron chi connectivity index (χ1n) is 7.82. The summed E-state index contributed by atoms with van der Waals surface area (Å²) >= 11 is 0. The van der Waals surface area contributed by atoms with Crippen LogP contribution in [-0.2, 0) is 9.47 Å². The summed E-state index contributed by atoms with van der Waals surface area (Å²) in [6, 6.07) is 0.503. The average molecular weight is 282 g/mol. The quantitative estimate of drug-likeness (QED) is 0.573. The number of guanidine groups is 1. The van der Waals surface area contributed by atoms with Gasteiger partial charge in [-0.1, -0.05) is 0 Å². The van der Waals surface area contributed by atoms with Gasteiger partial charge in [0.1, 0.15) is 0 Å². The van der Waals surface area contributed by atoms with Gasteiger partial charge >= 0.3 is 0 Å². The van der Waals surface area contributed by atoms with Crippen LogP contribution in [0.1, 0.15) is 12.8 Å². The molecular weight excluding hydrogens is 256 g/mol. The van der Waals surface area contributed by atoms with E-state index in [1.807, 2.05) is 0 Å². The number of nitrogens with zero attached hydrogens (tertiary/aromatic N) is 3. The van der Waals surface area contributed by atoms with Crippen molar-refractivity contribution in [3.63, 3.8) is 0 Å². The maximum absolute atomic E-state index is 8.48. The summed E-state index contributed by atoms with van der Waals surface area (Å²) in [6.07, 6.45) is 2.42. The molecule has 0 amide bonds. The monoisotopic (exact) mass is 282 g/mol. The number of ether oxygens (including phenoxy) is 2. The number of likely N-dealkylation sites (tertiary alicyclic amines) is 1. The molecule has 3 rings (SSSR count). The van der Waals surface area contributed by atoms with E-state index in [0.717, 1.165) is 65.7 Å². The zero-order chi connectivity index (χ0) is 13.8. The second kappa shape index (κ2) is 6.74. The van der Waals surface area contributed by atoms with E-state index in [1.54, 1.807) is 0 Å². The van der Waals surface area contributed by atoms with Crippen molar-refractivity contribution in [2.24, 2.45) is 0 Å². The van der Waals surface area contributed by atoms with Crippen LogP contribution in [0.4, 0.5) is 0 Å². The van der Waals surface area contributed by atoms with Gasteiger partial charge in [0.2, 0.25) is 0 Å². The molecule has 3 aliphatic rings. The van der Waals surface area contributed by atoms with E-state index in [1.165, 1.54) is 12.8 Å². The van der Waals surface area contributed by atoms with Gasteiger partial charge in [-0.05, 0) is 12.8 Å². The predicted octanol–water partition coefficient (Wildman–Crippen LogP) is 0.0500. The third-order valence-corrected chi connectivity index (χ3v) is 4.53. The van der Waals surface area contributed by atoms with E-state index in [9.17, 15) is 0 Å². The third kappa shape index (κ3) is 3.24. The molecule has 6 heteroatoms. The maximum atomic E-state index is 8.48. The van der Waals surface area contributed by atoms with Crippen molar-refractivity contribution < 1.29 is 9.47 Å². The standard InChI is InChI=1S/C14H26N4O2/c15-14(17-6-10-20-11-7-17)18-3-1-2-13(18)12-16-4-8-19-9-5-16/h13,15H,1-12H2/t13-/m0/s1. The van der Waals surface area contributed by atoms with Crippen molar-refractivity contribution in [3.8, 4) is 0 Å². The Hall–Kier alpha value is -0.850. The van der Waals surface area contributed by atoms with Crippen LogP contribution in [0.5, 0.6) is 0 Å². The van der Waals surface area contributed by atoms with Crippen molar-refractivity contribution in [1.29, 1.82) is 5.41 Å². The Bertz CT molecular complexity index is 327. The fourth-order valence-electron chi connectivity index (χ4n) is 3.34. The van der Waals surface area contributed by atoms with Crippen LogP contribution in [0.25, 0.3) is 0 Å². The minimum atomic E-state index is 0.503. The first-order valence-corrected chi connectivity index (χ1v) is 7.82. The van der Waals surface area contributed by atoms with Crippen molar-refractivity contribution in [3.05, 3.63) is 0 Å². The van der Waals surface area contributed by atoms with Gasteiger partial charge in [0.25, 0.3) is 0 Å². The van der Waals surface area contributed by atoms with E-state index in [-0.39, 0.29) is 0 Å². The fourth-order valence-corrected chi connectivity index (χ4v) is 3.34. The molecule has 20 heavy (non-hydrogen) atoms.